The first-order valence-electron chi connectivity index (χ1n) is 11.3. The maximum atomic E-state index is 13.2. The van der Waals surface area contributed by atoms with Crippen LogP contribution in [0.2, 0.25) is 0 Å². The predicted molar refractivity (Wildman–Crippen MR) is 151 cm³/mol. The topological polar surface area (TPSA) is 80.2 Å². The van der Waals surface area contributed by atoms with Gasteiger partial charge in [0.2, 0.25) is 0 Å². The summed E-state index contributed by atoms with van der Waals surface area (Å²) in [6, 6.07) is 28.9. The van der Waals surface area contributed by atoms with Gasteiger partial charge in [0.25, 0.3) is 5.91 Å². The van der Waals surface area contributed by atoms with Crippen LogP contribution in [-0.4, -0.2) is 24.3 Å². The van der Waals surface area contributed by atoms with Crippen LogP contribution in [0.3, 0.4) is 0 Å². The first-order chi connectivity index (χ1) is 17.9. The van der Waals surface area contributed by atoms with Gasteiger partial charge in [-0.15, -0.1) is 0 Å². The summed E-state index contributed by atoms with van der Waals surface area (Å²) in [5.41, 5.74) is 3.10. The minimum atomic E-state index is -1.92. The fraction of sp³-hybridized carbons (Fsp3) is 0.103. The number of halogens is 2. The van der Waals surface area contributed by atoms with E-state index in [2.05, 4.69) is 42.4 Å². The number of rotatable bonds is 9. The zero-order valence-electron chi connectivity index (χ0n) is 19.9. The van der Waals surface area contributed by atoms with Gasteiger partial charge in [-0.3, -0.25) is 4.79 Å². The number of carbonyl (C=O) groups excluding carboxylic acids is 1. The van der Waals surface area contributed by atoms with Crippen LogP contribution in [0.25, 0.3) is 0 Å². The second-order valence-electron chi connectivity index (χ2n) is 8.08. The van der Waals surface area contributed by atoms with Crippen molar-refractivity contribution in [3.8, 4) is 11.5 Å². The summed E-state index contributed by atoms with van der Waals surface area (Å²) in [6.45, 7) is 0.372. The van der Waals surface area contributed by atoms with Gasteiger partial charge in [0, 0.05) is 14.5 Å². The molecule has 0 aliphatic carbocycles. The monoisotopic (exact) mass is 622 g/mol. The number of amides is 1. The average molecular weight is 624 g/mol. The van der Waals surface area contributed by atoms with Crippen LogP contribution < -0.4 is 14.9 Å². The molecular formula is C29H24Br2N2O4. The van der Waals surface area contributed by atoms with Crippen molar-refractivity contribution in [2.45, 2.75) is 12.2 Å². The van der Waals surface area contributed by atoms with Crippen molar-refractivity contribution in [3.05, 3.63) is 128 Å². The molecule has 4 aromatic rings. The van der Waals surface area contributed by atoms with Gasteiger partial charge >= 0.3 is 0 Å². The van der Waals surface area contributed by atoms with Gasteiger partial charge in [-0.05, 0) is 56.9 Å². The normalized spacial score (nSPS) is 11.4. The van der Waals surface area contributed by atoms with E-state index in [9.17, 15) is 9.90 Å². The van der Waals surface area contributed by atoms with Gasteiger partial charge < -0.3 is 14.6 Å². The molecule has 6 nitrogen and oxygen atoms in total. The van der Waals surface area contributed by atoms with Crippen LogP contribution in [0.4, 0.5) is 0 Å². The molecular weight excluding hydrogens is 600 g/mol. The summed E-state index contributed by atoms with van der Waals surface area (Å²) in [5, 5.41) is 15.6. The Hall–Kier alpha value is -3.46. The molecule has 0 atom stereocenters. The molecule has 4 rings (SSSR count). The number of aliphatic hydroxyl groups is 1. The molecule has 0 aliphatic rings. The second kappa shape index (κ2) is 12.2. The van der Waals surface area contributed by atoms with Crippen molar-refractivity contribution < 1.29 is 19.4 Å². The van der Waals surface area contributed by atoms with Crippen molar-refractivity contribution >= 4 is 44.0 Å². The minimum Gasteiger partial charge on any atom is -0.493 e. The lowest BCUT2D eigenvalue weighted by Crippen LogP contribution is -2.43. The molecule has 0 heterocycles. The SMILES string of the molecule is COc1cc(/C=N\NC(=O)C(O)(c2ccccc2)c2ccccc2)c(Br)cc1OCc1ccc(Br)cc1. The molecule has 0 saturated carbocycles. The van der Waals surface area contributed by atoms with Crippen LogP contribution in [0.1, 0.15) is 22.3 Å². The Morgan fingerprint density at radius 2 is 1.51 bits per heavy atom. The van der Waals surface area contributed by atoms with Crippen LogP contribution in [0.15, 0.2) is 111 Å². The highest BCUT2D eigenvalue weighted by atomic mass is 79.9. The number of nitrogens with zero attached hydrogens (tertiary/aromatic N) is 1. The van der Waals surface area contributed by atoms with Gasteiger partial charge in [0.05, 0.1) is 13.3 Å². The van der Waals surface area contributed by atoms with Crippen molar-refractivity contribution in [1.29, 1.82) is 0 Å². The fourth-order valence-electron chi connectivity index (χ4n) is 3.69. The number of nitrogens with one attached hydrogen (secondary N) is 1. The largest absolute Gasteiger partial charge is 0.493 e. The molecule has 0 unspecified atom stereocenters. The average Bonchev–Trinajstić information content (AvgIpc) is 2.94. The lowest BCUT2D eigenvalue weighted by Gasteiger charge is -2.27. The molecule has 0 fully saturated rings. The van der Waals surface area contributed by atoms with E-state index in [0.29, 0.717) is 39.3 Å². The Balaban J connectivity index is 1.52. The second-order valence-corrected chi connectivity index (χ2v) is 9.85. The highest BCUT2D eigenvalue weighted by Gasteiger charge is 2.39. The molecule has 0 spiro atoms. The third kappa shape index (κ3) is 6.28. The number of ether oxygens (including phenoxy) is 2. The summed E-state index contributed by atoms with van der Waals surface area (Å²) < 4.78 is 13.2. The molecule has 0 saturated heterocycles. The van der Waals surface area contributed by atoms with Crippen molar-refractivity contribution in [3.63, 3.8) is 0 Å². The number of methoxy groups -OCH3 is 1. The summed E-state index contributed by atoms with van der Waals surface area (Å²) in [7, 11) is 1.55. The first kappa shape index (κ1) is 26.6. The van der Waals surface area contributed by atoms with Gasteiger partial charge in [-0.2, -0.15) is 5.10 Å². The lowest BCUT2D eigenvalue weighted by molar-refractivity contribution is -0.136. The van der Waals surface area contributed by atoms with Gasteiger partial charge in [-0.1, -0.05) is 88.7 Å². The molecule has 0 bridgehead atoms. The fourth-order valence-corrected chi connectivity index (χ4v) is 4.38. The number of benzene rings is 4. The van der Waals surface area contributed by atoms with Crippen LogP contribution in [0.5, 0.6) is 11.5 Å². The Morgan fingerprint density at radius 3 is 2.08 bits per heavy atom. The maximum Gasteiger partial charge on any atom is 0.281 e. The zero-order valence-corrected chi connectivity index (χ0v) is 23.1. The Kier molecular flexibility index (Phi) is 8.76. The summed E-state index contributed by atoms with van der Waals surface area (Å²) >= 11 is 6.96. The van der Waals surface area contributed by atoms with Crippen LogP contribution >= 0.6 is 31.9 Å². The Bertz CT molecular complexity index is 1340. The molecule has 0 aliphatic heterocycles. The maximum absolute atomic E-state index is 13.2. The number of carbonyl (C=O) groups is 1. The van der Waals surface area contributed by atoms with Gasteiger partial charge in [0.15, 0.2) is 17.1 Å². The molecule has 1 amide bonds. The van der Waals surface area contributed by atoms with Crippen LogP contribution in [0, 0.1) is 0 Å². The highest BCUT2D eigenvalue weighted by Crippen LogP contribution is 2.34. The number of hydrogen-bond acceptors (Lipinski definition) is 5. The van der Waals surface area contributed by atoms with Gasteiger partial charge in [0.1, 0.15) is 6.61 Å². The Labute approximate surface area is 232 Å². The van der Waals surface area contributed by atoms with Crippen molar-refractivity contribution in [2.75, 3.05) is 7.11 Å². The summed E-state index contributed by atoms with van der Waals surface area (Å²) in [5.74, 6) is 0.387. The molecule has 4 aromatic carbocycles. The molecule has 37 heavy (non-hydrogen) atoms. The highest BCUT2D eigenvalue weighted by molar-refractivity contribution is 9.10. The van der Waals surface area contributed by atoms with Crippen molar-refractivity contribution in [2.24, 2.45) is 5.10 Å². The number of hydrazone groups is 1. The molecule has 188 valence electrons. The van der Waals surface area contributed by atoms with Crippen LogP contribution in [-0.2, 0) is 17.0 Å². The van der Waals surface area contributed by atoms with E-state index in [1.165, 1.54) is 6.21 Å². The molecule has 0 aromatic heterocycles. The van der Waals surface area contributed by atoms with E-state index in [-0.39, 0.29) is 0 Å². The van der Waals surface area contributed by atoms with Crippen molar-refractivity contribution in [1.82, 2.24) is 5.43 Å². The molecule has 8 heteroatoms. The molecule has 0 radical (unpaired) electrons. The summed E-state index contributed by atoms with van der Waals surface area (Å²) in [6.07, 6.45) is 1.47. The third-order valence-electron chi connectivity index (χ3n) is 5.67. The van der Waals surface area contributed by atoms with E-state index in [0.717, 1.165) is 10.0 Å². The Morgan fingerprint density at radius 1 is 0.919 bits per heavy atom. The standard InChI is InChI=1S/C29H24Br2N2O4/c1-36-26-16-21(25(31)17-27(26)37-19-20-12-14-24(30)15-13-20)18-32-33-28(34)29(35,22-8-4-2-5-9-22)23-10-6-3-7-11-23/h2-18,35H,19H2,1H3,(H,33,34)/b32-18-. The zero-order chi connectivity index (χ0) is 26.3. The van der Waals surface area contributed by atoms with E-state index < -0.39 is 11.5 Å². The van der Waals surface area contributed by atoms with Gasteiger partial charge in [-0.25, -0.2) is 5.43 Å². The predicted octanol–water partition coefficient (Wildman–Crippen LogP) is 6.19. The van der Waals surface area contributed by atoms with E-state index in [4.69, 9.17) is 9.47 Å². The van der Waals surface area contributed by atoms with E-state index in [1.54, 1.807) is 67.8 Å². The first-order valence-corrected chi connectivity index (χ1v) is 12.9. The summed E-state index contributed by atoms with van der Waals surface area (Å²) in [4.78, 5) is 13.2. The number of hydrogen-bond donors (Lipinski definition) is 2. The quantitative estimate of drug-likeness (QED) is 0.172. The molecule has 2 N–H and O–H groups in total. The minimum absolute atomic E-state index is 0.372. The third-order valence-corrected chi connectivity index (χ3v) is 6.89. The van der Waals surface area contributed by atoms with E-state index >= 15 is 0 Å². The lowest BCUT2D eigenvalue weighted by atomic mass is 9.85. The van der Waals surface area contributed by atoms with E-state index in [1.807, 2.05) is 36.4 Å². The smallest absolute Gasteiger partial charge is 0.281 e.